The summed E-state index contributed by atoms with van der Waals surface area (Å²) in [6, 6.07) is 9.38. The first-order valence-electron chi connectivity index (χ1n) is 9.66. The number of nitrogens with zero attached hydrogens (tertiary/aromatic N) is 3. The number of amides is 4. The maximum absolute atomic E-state index is 13.2. The molecule has 1 fully saturated rings. The molecule has 32 heavy (non-hydrogen) atoms. The largest absolute Gasteiger partial charge is 0.336 e. The maximum atomic E-state index is 13.2. The zero-order valence-electron chi connectivity index (χ0n) is 17.4. The monoisotopic (exact) mass is 468 g/mol. The second-order valence-electron chi connectivity index (χ2n) is 7.39. The van der Waals surface area contributed by atoms with Crippen LogP contribution >= 0.6 is 23.2 Å². The number of barbiturate groups is 1. The van der Waals surface area contributed by atoms with Gasteiger partial charge in [-0.15, -0.1) is 0 Å². The number of hydrogen-bond acceptors (Lipinski definition) is 4. The van der Waals surface area contributed by atoms with Gasteiger partial charge in [-0.05, 0) is 62.2 Å². The third-order valence-electron chi connectivity index (χ3n) is 5.17. The Hall–Kier alpha value is -3.42. The van der Waals surface area contributed by atoms with Crippen LogP contribution in [0.4, 0.5) is 10.5 Å². The molecular formula is C23H18Cl2N4O3. The molecule has 2 aromatic heterocycles. The number of aryl methyl sites for hydroxylation is 2. The Morgan fingerprint density at radius 2 is 1.78 bits per heavy atom. The topological polar surface area (TPSA) is 84.3 Å². The highest BCUT2D eigenvalue weighted by Crippen LogP contribution is 2.34. The van der Waals surface area contributed by atoms with Crippen molar-refractivity contribution in [2.75, 3.05) is 4.90 Å². The van der Waals surface area contributed by atoms with Crippen molar-refractivity contribution in [1.29, 1.82) is 0 Å². The molecule has 4 amide bonds. The van der Waals surface area contributed by atoms with Crippen LogP contribution in [0.1, 0.15) is 22.5 Å². The second kappa shape index (κ2) is 8.26. The summed E-state index contributed by atoms with van der Waals surface area (Å²) in [6.45, 7) is 5.72. The molecule has 3 aromatic rings. The van der Waals surface area contributed by atoms with Gasteiger partial charge in [0.25, 0.3) is 11.8 Å². The molecule has 0 bridgehead atoms. The summed E-state index contributed by atoms with van der Waals surface area (Å²) in [5.41, 5.74) is 3.24. The van der Waals surface area contributed by atoms with E-state index in [1.54, 1.807) is 12.3 Å². The minimum Gasteiger partial charge on any atom is -0.303 e. The Bertz CT molecular complexity index is 1310. The van der Waals surface area contributed by atoms with Crippen LogP contribution in [0, 0.1) is 20.8 Å². The van der Waals surface area contributed by atoms with Crippen LogP contribution in [-0.4, -0.2) is 27.4 Å². The van der Waals surface area contributed by atoms with E-state index in [4.69, 9.17) is 23.2 Å². The summed E-state index contributed by atoms with van der Waals surface area (Å²) >= 11 is 12.2. The van der Waals surface area contributed by atoms with Gasteiger partial charge in [0, 0.05) is 17.6 Å². The Morgan fingerprint density at radius 1 is 1.03 bits per heavy atom. The van der Waals surface area contributed by atoms with E-state index in [-0.39, 0.29) is 21.3 Å². The van der Waals surface area contributed by atoms with Crippen molar-refractivity contribution in [1.82, 2.24) is 14.9 Å². The van der Waals surface area contributed by atoms with Crippen molar-refractivity contribution in [2.45, 2.75) is 20.8 Å². The van der Waals surface area contributed by atoms with E-state index >= 15 is 0 Å². The third kappa shape index (κ3) is 3.70. The Kier molecular flexibility index (Phi) is 5.62. The normalized spacial score (nSPS) is 15.5. The fraction of sp³-hybridized carbons (Fsp3) is 0.130. The molecule has 162 valence electrons. The molecule has 0 spiro atoms. The van der Waals surface area contributed by atoms with Crippen LogP contribution in [0.2, 0.25) is 10.0 Å². The molecule has 0 radical (unpaired) electrons. The molecule has 0 atom stereocenters. The molecule has 9 heteroatoms. The smallest absolute Gasteiger partial charge is 0.303 e. The lowest BCUT2D eigenvalue weighted by Crippen LogP contribution is -2.54. The highest BCUT2D eigenvalue weighted by atomic mass is 35.5. The van der Waals surface area contributed by atoms with E-state index in [1.807, 2.05) is 43.5 Å². The zero-order chi connectivity index (χ0) is 23.2. The van der Waals surface area contributed by atoms with Crippen LogP contribution in [0.25, 0.3) is 11.9 Å². The number of benzene rings is 1. The Morgan fingerprint density at radius 3 is 2.47 bits per heavy atom. The summed E-state index contributed by atoms with van der Waals surface area (Å²) in [4.78, 5) is 43.4. The van der Waals surface area contributed by atoms with Gasteiger partial charge in [-0.3, -0.25) is 14.9 Å². The number of carbonyl (C=O) groups is 3. The van der Waals surface area contributed by atoms with Gasteiger partial charge in [-0.2, -0.15) is 0 Å². The van der Waals surface area contributed by atoms with Crippen molar-refractivity contribution >= 4 is 52.8 Å². The number of halogens is 2. The molecule has 7 nitrogen and oxygen atoms in total. The van der Waals surface area contributed by atoms with Crippen molar-refractivity contribution in [2.24, 2.45) is 0 Å². The number of urea groups is 1. The van der Waals surface area contributed by atoms with Gasteiger partial charge in [0.1, 0.15) is 11.4 Å². The van der Waals surface area contributed by atoms with E-state index in [2.05, 4.69) is 10.3 Å². The standard InChI is InChI=1S/C23H18Cl2N4O3/c1-12-7-8-19(26-11-12)28-13(2)9-15(14(28)3)10-16-21(30)27-23(32)29(22(16)31)18-6-4-5-17(24)20(18)25/h4-11H,1-3H3,(H,27,30,32)/b16-10+. The first-order chi connectivity index (χ1) is 15.2. The van der Waals surface area contributed by atoms with Gasteiger partial charge < -0.3 is 4.57 Å². The summed E-state index contributed by atoms with van der Waals surface area (Å²) in [6.07, 6.45) is 3.23. The molecule has 3 heterocycles. The van der Waals surface area contributed by atoms with Crippen molar-refractivity contribution < 1.29 is 14.4 Å². The Labute approximate surface area is 194 Å². The number of rotatable bonds is 3. The number of anilines is 1. The van der Waals surface area contributed by atoms with Crippen LogP contribution in [0.5, 0.6) is 0 Å². The van der Waals surface area contributed by atoms with Crippen LogP contribution in [-0.2, 0) is 9.59 Å². The van der Waals surface area contributed by atoms with Gasteiger partial charge in [-0.25, -0.2) is 14.7 Å². The molecule has 0 saturated carbocycles. The van der Waals surface area contributed by atoms with Gasteiger partial charge in [0.2, 0.25) is 0 Å². The molecule has 4 rings (SSSR count). The first kappa shape index (κ1) is 21.8. The average Bonchev–Trinajstić information content (AvgIpc) is 3.02. The molecule has 0 aliphatic carbocycles. The lowest BCUT2D eigenvalue weighted by atomic mass is 10.1. The molecule has 1 saturated heterocycles. The number of aromatic nitrogens is 2. The summed E-state index contributed by atoms with van der Waals surface area (Å²) in [5.74, 6) is -0.856. The van der Waals surface area contributed by atoms with E-state index < -0.39 is 17.8 Å². The van der Waals surface area contributed by atoms with Gasteiger partial charge in [-0.1, -0.05) is 35.3 Å². The minimum atomic E-state index is -0.893. The predicted octanol–water partition coefficient (Wildman–Crippen LogP) is 4.77. The van der Waals surface area contributed by atoms with Crippen LogP contribution < -0.4 is 10.2 Å². The SMILES string of the molecule is Cc1ccc(-n2c(C)cc(/C=C3\C(=O)NC(=O)N(c4cccc(Cl)c4Cl)C3=O)c2C)nc1. The fourth-order valence-electron chi connectivity index (χ4n) is 3.58. The van der Waals surface area contributed by atoms with Crippen LogP contribution in [0.3, 0.4) is 0 Å². The molecule has 1 aliphatic rings. The van der Waals surface area contributed by atoms with Gasteiger partial charge in [0.05, 0.1) is 15.7 Å². The summed E-state index contributed by atoms with van der Waals surface area (Å²) < 4.78 is 1.92. The maximum Gasteiger partial charge on any atom is 0.336 e. The number of carbonyl (C=O) groups excluding carboxylic acids is 3. The molecule has 1 aliphatic heterocycles. The average molecular weight is 469 g/mol. The summed E-state index contributed by atoms with van der Waals surface area (Å²) in [5, 5.41) is 2.41. The van der Waals surface area contributed by atoms with Crippen LogP contribution in [0.15, 0.2) is 48.2 Å². The second-order valence-corrected chi connectivity index (χ2v) is 8.17. The lowest BCUT2D eigenvalue weighted by molar-refractivity contribution is -0.122. The molecule has 0 unspecified atom stereocenters. The number of nitrogens with one attached hydrogen (secondary N) is 1. The lowest BCUT2D eigenvalue weighted by Gasteiger charge is -2.27. The fourth-order valence-corrected chi connectivity index (χ4v) is 3.96. The highest BCUT2D eigenvalue weighted by Gasteiger charge is 2.38. The predicted molar refractivity (Wildman–Crippen MR) is 123 cm³/mol. The molecule has 1 aromatic carbocycles. The van der Waals surface area contributed by atoms with Crippen molar-refractivity contribution in [3.8, 4) is 5.82 Å². The minimum absolute atomic E-state index is 0.0370. The number of pyridine rings is 1. The summed E-state index contributed by atoms with van der Waals surface area (Å²) in [7, 11) is 0. The molecular weight excluding hydrogens is 451 g/mol. The van der Waals surface area contributed by atoms with Crippen molar-refractivity contribution in [3.05, 3.63) is 80.7 Å². The number of imide groups is 2. The Balaban J connectivity index is 1.78. The van der Waals surface area contributed by atoms with E-state index in [0.717, 1.165) is 27.7 Å². The third-order valence-corrected chi connectivity index (χ3v) is 5.98. The zero-order valence-corrected chi connectivity index (χ0v) is 19.0. The van der Waals surface area contributed by atoms with Gasteiger partial charge >= 0.3 is 6.03 Å². The van der Waals surface area contributed by atoms with E-state index in [1.165, 1.54) is 18.2 Å². The molecule has 1 N–H and O–H groups in total. The van der Waals surface area contributed by atoms with Crippen molar-refractivity contribution in [3.63, 3.8) is 0 Å². The quantitative estimate of drug-likeness (QED) is 0.443. The first-order valence-corrected chi connectivity index (χ1v) is 10.4. The van der Waals surface area contributed by atoms with Gasteiger partial charge in [0.15, 0.2) is 0 Å². The van der Waals surface area contributed by atoms with E-state index in [0.29, 0.717) is 5.56 Å². The number of hydrogen-bond donors (Lipinski definition) is 1. The van der Waals surface area contributed by atoms with E-state index in [9.17, 15) is 14.4 Å². The highest BCUT2D eigenvalue weighted by molar-refractivity contribution is 6.46.